The van der Waals surface area contributed by atoms with Gasteiger partial charge in [-0.3, -0.25) is 0 Å². The number of carbonyl (C=O) groups excluding carboxylic acids is 1. The molecule has 2 N–H and O–H groups in total. The minimum absolute atomic E-state index is 0.117. The molecule has 5 nitrogen and oxygen atoms in total. The van der Waals surface area contributed by atoms with Crippen LogP contribution in [0.25, 0.3) is 0 Å². The van der Waals surface area contributed by atoms with Gasteiger partial charge in [-0.2, -0.15) is 0 Å². The smallest absolute Gasteiger partial charge is 0.408 e. The van der Waals surface area contributed by atoms with Gasteiger partial charge in [0.2, 0.25) is 0 Å². The van der Waals surface area contributed by atoms with Crippen LogP contribution in [0.15, 0.2) is 0 Å². The third kappa shape index (κ3) is 5.78. The van der Waals surface area contributed by atoms with E-state index in [0.717, 1.165) is 25.7 Å². The zero-order chi connectivity index (χ0) is 14.5. The number of ether oxygens (including phenoxy) is 2. The number of hydrogen-bond acceptors (Lipinski definition) is 4. The van der Waals surface area contributed by atoms with Gasteiger partial charge >= 0.3 is 6.09 Å². The molecule has 5 heteroatoms. The molecule has 0 aliphatic carbocycles. The molecule has 1 aliphatic heterocycles. The quantitative estimate of drug-likeness (QED) is 0.754. The lowest BCUT2D eigenvalue weighted by Crippen LogP contribution is -2.48. The highest BCUT2D eigenvalue weighted by Crippen LogP contribution is 2.20. The predicted molar refractivity (Wildman–Crippen MR) is 73.0 cm³/mol. The van der Waals surface area contributed by atoms with E-state index in [2.05, 4.69) is 12.2 Å². The van der Waals surface area contributed by atoms with Gasteiger partial charge in [-0.05, 0) is 27.2 Å². The van der Waals surface area contributed by atoms with Gasteiger partial charge < -0.3 is 19.9 Å². The van der Waals surface area contributed by atoms with Crippen molar-refractivity contribution in [1.29, 1.82) is 0 Å². The molecule has 1 rings (SSSR count). The largest absolute Gasteiger partial charge is 0.444 e. The fourth-order valence-electron chi connectivity index (χ4n) is 2.17. The van der Waals surface area contributed by atoms with Gasteiger partial charge in [0, 0.05) is 0 Å². The summed E-state index contributed by atoms with van der Waals surface area (Å²) in [6.45, 7) is 7.85. The van der Waals surface area contributed by atoms with Crippen molar-refractivity contribution in [2.75, 3.05) is 6.61 Å². The summed E-state index contributed by atoms with van der Waals surface area (Å²) >= 11 is 0. The lowest BCUT2D eigenvalue weighted by atomic mass is 10.0. The van der Waals surface area contributed by atoms with Crippen molar-refractivity contribution in [3.8, 4) is 0 Å². The number of aliphatic hydroxyl groups is 1. The number of nitrogens with one attached hydrogen (secondary N) is 1. The van der Waals surface area contributed by atoms with Gasteiger partial charge in [-0.1, -0.05) is 26.2 Å². The zero-order valence-corrected chi connectivity index (χ0v) is 12.4. The van der Waals surface area contributed by atoms with Crippen LogP contribution in [-0.4, -0.2) is 41.7 Å². The molecule has 1 unspecified atom stereocenters. The van der Waals surface area contributed by atoms with E-state index in [1.165, 1.54) is 0 Å². The number of unbranched alkanes of at least 4 members (excludes halogenated alkanes) is 2. The Balaban J connectivity index is 2.45. The second kappa shape index (κ2) is 7.10. The maximum absolute atomic E-state index is 11.7. The Morgan fingerprint density at radius 3 is 2.68 bits per heavy atom. The van der Waals surface area contributed by atoms with Crippen LogP contribution < -0.4 is 5.32 Å². The minimum Gasteiger partial charge on any atom is -0.444 e. The summed E-state index contributed by atoms with van der Waals surface area (Å²) in [7, 11) is 0. The summed E-state index contributed by atoms with van der Waals surface area (Å²) in [5.74, 6) is 0. The number of hydrogen-bond donors (Lipinski definition) is 2. The van der Waals surface area contributed by atoms with Crippen molar-refractivity contribution >= 4 is 6.09 Å². The van der Waals surface area contributed by atoms with Gasteiger partial charge in [-0.15, -0.1) is 0 Å². The topological polar surface area (TPSA) is 67.8 Å². The van der Waals surface area contributed by atoms with E-state index in [-0.39, 0.29) is 18.8 Å². The Morgan fingerprint density at radius 2 is 2.11 bits per heavy atom. The summed E-state index contributed by atoms with van der Waals surface area (Å²) in [5, 5.41) is 12.6. The third-order valence-electron chi connectivity index (χ3n) is 3.07. The molecular weight excluding hydrogens is 246 g/mol. The number of carbonyl (C=O) groups is 1. The highest BCUT2D eigenvalue weighted by molar-refractivity contribution is 5.68. The van der Waals surface area contributed by atoms with E-state index in [1.54, 1.807) is 0 Å². The molecule has 0 spiro atoms. The first-order chi connectivity index (χ1) is 8.83. The third-order valence-corrected chi connectivity index (χ3v) is 3.07. The molecule has 0 radical (unpaired) electrons. The van der Waals surface area contributed by atoms with Crippen LogP contribution in [0, 0.1) is 0 Å². The van der Waals surface area contributed by atoms with Gasteiger partial charge in [-0.25, -0.2) is 4.79 Å². The van der Waals surface area contributed by atoms with Crippen LogP contribution in [0.5, 0.6) is 0 Å². The molecule has 3 atom stereocenters. The zero-order valence-electron chi connectivity index (χ0n) is 12.4. The van der Waals surface area contributed by atoms with Gasteiger partial charge in [0.1, 0.15) is 11.7 Å². The van der Waals surface area contributed by atoms with Crippen LogP contribution in [-0.2, 0) is 9.47 Å². The maximum Gasteiger partial charge on any atom is 0.408 e. The Morgan fingerprint density at radius 1 is 1.42 bits per heavy atom. The molecule has 1 aliphatic rings. The molecule has 112 valence electrons. The first-order valence-electron chi connectivity index (χ1n) is 7.12. The maximum atomic E-state index is 11.7. The molecule has 0 aromatic carbocycles. The van der Waals surface area contributed by atoms with Crippen LogP contribution in [0.3, 0.4) is 0 Å². The van der Waals surface area contributed by atoms with Gasteiger partial charge in [0.15, 0.2) is 0 Å². The lowest BCUT2D eigenvalue weighted by molar-refractivity contribution is 0.0419. The van der Waals surface area contributed by atoms with Crippen molar-refractivity contribution in [3.05, 3.63) is 0 Å². The Kier molecular flexibility index (Phi) is 6.07. The summed E-state index contributed by atoms with van der Waals surface area (Å²) in [5.41, 5.74) is -0.536. The summed E-state index contributed by atoms with van der Waals surface area (Å²) in [4.78, 5) is 11.7. The highest BCUT2D eigenvalue weighted by Gasteiger charge is 2.37. The lowest BCUT2D eigenvalue weighted by Gasteiger charge is -2.25. The number of amides is 1. The normalized spacial score (nSPS) is 27.3. The first-order valence-corrected chi connectivity index (χ1v) is 7.12. The summed E-state index contributed by atoms with van der Waals surface area (Å²) in [6, 6.07) is -0.369. The summed E-state index contributed by atoms with van der Waals surface area (Å²) in [6.07, 6.45) is 2.90. The Bertz CT molecular complexity index is 288. The second-order valence-corrected chi connectivity index (χ2v) is 6.11. The van der Waals surface area contributed by atoms with Gasteiger partial charge in [0.05, 0.1) is 18.8 Å². The van der Waals surface area contributed by atoms with Crippen molar-refractivity contribution < 1.29 is 19.4 Å². The standard InChI is InChI=1S/C14H27NO4/c1-5-6-7-8-11-12(10(16)9-18-11)15-13(17)19-14(2,3)4/h10-12,16H,5-9H2,1-4H3,(H,15,17)/t10-,11?,12+/m0/s1. The van der Waals surface area contributed by atoms with Crippen LogP contribution in [0.1, 0.15) is 53.4 Å². The number of alkyl carbamates (subject to hydrolysis) is 1. The molecule has 0 aromatic heterocycles. The van der Waals surface area contributed by atoms with E-state index >= 15 is 0 Å². The van der Waals surface area contributed by atoms with Crippen molar-refractivity contribution in [2.24, 2.45) is 0 Å². The van der Waals surface area contributed by atoms with Crippen LogP contribution in [0.4, 0.5) is 4.79 Å². The van der Waals surface area contributed by atoms with E-state index in [0.29, 0.717) is 0 Å². The molecule has 19 heavy (non-hydrogen) atoms. The van der Waals surface area contributed by atoms with E-state index < -0.39 is 17.8 Å². The molecular formula is C14H27NO4. The molecule has 1 amide bonds. The molecule has 1 heterocycles. The van der Waals surface area contributed by atoms with Crippen molar-refractivity contribution in [1.82, 2.24) is 5.32 Å². The average Bonchev–Trinajstić information content (AvgIpc) is 2.59. The van der Waals surface area contributed by atoms with Crippen LogP contribution in [0.2, 0.25) is 0 Å². The first kappa shape index (κ1) is 16.2. The monoisotopic (exact) mass is 273 g/mol. The van der Waals surface area contributed by atoms with Crippen LogP contribution >= 0.6 is 0 Å². The number of aliphatic hydroxyl groups excluding tert-OH is 1. The second-order valence-electron chi connectivity index (χ2n) is 6.11. The molecule has 1 saturated heterocycles. The number of rotatable bonds is 5. The minimum atomic E-state index is -0.654. The van der Waals surface area contributed by atoms with Crippen molar-refractivity contribution in [3.63, 3.8) is 0 Å². The molecule has 1 fully saturated rings. The van der Waals surface area contributed by atoms with E-state index in [9.17, 15) is 9.90 Å². The predicted octanol–water partition coefficient (Wildman–Crippen LogP) is 2.22. The average molecular weight is 273 g/mol. The molecule has 0 aromatic rings. The van der Waals surface area contributed by atoms with Crippen molar-refractivity contribution in [2.45, 2.75) is 77.2 Å². The SMILES string of the molecule is CCCCCC1OC[C@H](O)[C@H]1NC(=O)OC(C)(C)C. The Hall–Kier alpha value is -0.810. The fourth-order valence-corrected chi connectivity index (χ4v) is 2.17. The highest BCUT2D eigenvalue weighted by atomic mass is 16.6. The van der Waals surface area contributed by atoms with E-state index in [4.69, 9.17) is 9.47 Å². The molecule has 0 bridgehead atoms. The summed E-state index contributed by atoms with van der Waals surface area (Å²) < 4.78 is 10.7. The fraction of sp³-hybridized carbons (Fsp3) is 0.929. The van der Waals surface area contributed by atoms with E-state index in [1.807, 2.05) is 20.8 Å². The van der Waals surface area contributed by atoms with Gasteiger partial charge in [0.25, 0.3) is 0 Å². The molecule has 0 saturated carbocycles. The Labute approximate surface area is 115 Å².